The summed E-state index contributed by atoms with van der Waals surface area (Å²) in [6.07, 6.45) is 0. The molecule has 0 atom stereocenters. The first-order valence-electron chi connectivity index (χ1n) is 7.18. The highest BCUT2D eigenvalue weighted by molar-refractivity contribution is 7.92. The lowest BCUT2D eigenvalue weighted by atomic mass is 10.1. The van der Waals surface area contributed by atoms with Crippen molar-refractivity contribution in [3.05, 3.63) is 60.3 Å². The third-order valence-corrected chi connectivity index (χ3v) is 4.81. The summed E-state index contributed by atoms with van der Waals surface area (Å²) in [5.74, 6) is 0.858. The molecule has 0 saturated carbocycles. The topological polar surface area (TPSA) is 81.4 Å². The Morgan fingerprint density at radius 3 is 2.08 bits per heavy atom. The van der Waals surface area contributed by atoms with E-state index in [2.05, 4.69) is 9.88 Å². The average Bonchev–Trinajstić information content (AvgIpc) is 2.99. The molecule has 0 aliphatic rings. The molecule has 1 aromatic heterocycles. The van der Waals surface area contributed by atoms with E-state index in [1.54, 1.807) is 38.3 Å². The molecule has 24 heavy (non-hydrogen) atoms. The van der Waals surface area contributed by atoms with Crippen molar-refractivity contribution in [3.63, 3.8) is 0 Å². The van der Waals surface area contributed by atoms with Crippen molar-refractivity contribution in [2.24, 2.45) is 0 Å². The minimum Gasteiger partial charge on any atom is -0.497 e. The van der Waals surface area contributed by atoms with E-state index in [0.717, 1.165) is 16.9 Å². The van der Waals surface area contributed by atoms with Crippen molar-refractivity contribution in [1.29, 1.82) is 0 Å². The maximum atomic E-state index is 12.3. The lowest BCUT2D eigenvalue weighted by Gasteiger charge is -2.07. The van der Waals surface area contributed by atoms with E-state index in [0.29, 0.717) is 5.69 Å². The summed E-state index contributed by atoms with van der Waals surface area (Å²) in [5.41, 5.74) is 2.48. The Balaban J connectivity index is 1.82. The molecule has 0 aliphatic carbocycles. The van der Waals surface area contributed by atoms with E-state index in [1.807, 2.05) is 24.3 Å². The molecule has 3 aromatic rings. The van der Waals surface area contributed by atoms with Crippen molar-refractivity contribution >= 4 is 15.9 Å². The minimum absolute atomic E-state index is 0.0896. The van der Waals surface area contributed by atoms with Gasteiger partial charge in [-0.1, -0.05) is 29.4 Å². The lowest BCUT2D eigenvalue weighted by Crippen LogP contribution is -2.12. The van der Waals surface area contributed by atoms with Crippen LogP contribution >= 0.6 is 0 Å². The highest BCUT2D eigenvalue weighted by atomic mass is 32.2. The number of sulfonamides is 1. The van der Waals surface area contributed by atoms with Crippen molar-refractivity contribution < 1.29 is 17.7 Å². The van der Waals surface area contributed by atoms with Gasteiger partial charge in [0.2, 0.25) is 5.88 Å². The quantitative estimate of drug-likeness (QED) is 0.766. The van der Waals surface area contributed by atoms with E-state index in [1.165, 1.54) is 6.07 Å². The highest BCUT2D eigenvalue weighted by Gasteiger charge is 2.16. The zero-order valence-corrected chi connectivity index (χ0v) is 14.0. The second-order valence-electron chi connectivity index (χ2n) is 5.19. The Morgan fingerprint density at radius 2 is 1.58 bits per heavy atom. The standard InChI is InChI=1S/C17H16N2O4S/c1-12-11-17(23-18-12)19-24(20,21)16-9-5-14(6-10-16)13-3-7-15(22-2)8-4-13/h3-11,19H,1-2H3. The summed E-state index contributed by atoms with van der Waals surface area (Å²) < 4.78 is 37.0. The lowest BCUT2D eigenvalue weighted by molar-refractivity contribution is 0.415. The fraction of sp³-hybridized carbons (Fsp3) is 0.118. The monoisotopic (exact) mass is 344 g/mol. The zero-order chi connectivity index (χ0) is 17.2. The molecule has 0 bridgehead atoms. The number of benzene rings is 2. The van der Waals surface area contributed by atoms with Crippen molar-refractivity contribution in [2.75, 3.05) is 11.8 Å². The normalized spacial score (nSPS) is 11.2. The molecule has 3 rings (SSSR count). The fourth-order valence-electron chi connectivity index (χ4n) is 2.21. The molecular formula is C17H16N2O4S. The number of anilines is 1. The van der Waals surface area contributed by atoms with Crippen LogP contribution in [0.4, 0.5) is 5.88 Å². The van der Waals surface area contributed by atoms with Gasteiger partial charge in [0.1, 0.15) is 5.75 Å². The molecule has 0 radical (unpaired) electrons. The van der Waals surface area contributed by atoms with E-state index >= 15 is 0 Å². The molecule has 0 amide bonds. The van der Waals surface area contributed by atoms with Gasteiger partial charge in [0.15, 0.2) is 0 Å². The van der Waals surface area contributed by atoms with Gasteiger partial charge in [-0.3, -0.25) is 0 Å². The number of aryl methyl sites for hydroxylation is 1. The van der Waals surface area contributed by atoms with Gasteiger partial charge in [-0.05, 0) is 42.3 Å². The van der Waals surface area contributed by atoms with Crippen LogP contribution in [0, 0.1) is 6.92 Å². The number of hydrogen-bond acceptors (Lipinski definition) is 5. The highest BCUT2D eigenvalue weighted by Crippen LogP contribution is 2.24. The fourth-order valence-corrected chi connectivity index (χ4v) is 3.19. The summed E-state index contributed by atoms with van der Waals surface area (Å²) in [4.78, 5) is 0.147. The first kappa shape index (κ1) is 16.1. The molecule has 0 saturated heterocycles. The number of aromatic nitrogens is 1. The Labute approximate surface area is 140 Å². The van der Waals surface area contributed by atoms with Gasteiger partial charge in [-0.2, -0.15) is 0 Å². The van der Waals surface area contributed by atoms with Crippen LogP contribution in [-0.4, -0.2) is 20.7 Å². The van der Waals surface area contributed by atoms with Gasteiger partial charge in [0.25, 0.3) is 10.0 Å². The van der Waals surface area contributed by atoms with Crippen LogP contribution in [0.15, 0.2) is 64.0 Å². The number of nitrogens with one attached hydrogen (secondary N) is 1. The van der Waals surface area contributed by atoms with E-state index < -0.39 is 10.0 Å². The van der Waals surface area contributed by atoms with Crippen LogP contribution < -0.4 is 9.46 Å². The van der Waals surface area contributed by atoms with Crippen LogP contribution in [0.3, 0.4) is 0 Å². The van der Waals surface area contributed by atoms with Gasteiger partial charge in [-0.15, -0.1) is 0 Å². The van der Waals surface area contributed by atoms with Crippen LogP contribution in [-0.2, 0) is 10.0 Å². The molecule has 1 N–H and O–H groups in total. The maximum absolute atomic E-state index is 12.3. The van der Waals surface area contributed by atoms with Crippen LogP contribution in [0.25, 0.3) is 11.1 Å². The first-order chi connectivity index (χ1) is 11.5. The summed E-state index contributed by atoms with van der Waals surface area (Å²) in [6, 6.07) is 15.7. The zero-order valence-electron chi connectivity index (χ0n) is 13.2. The summed E-state index contributed by atoms with van der Waals surface area (Å²) in [5, 5.41) is 3.65. The van der Waals surface area contributed by atoms with Gasteiger partial charge < -0.3 is 9.26 Å². The van der Waals surface area contributed by atoms with Crippen molar-refractivity contribution in [1.82, 2.24) is 5.16 Å². The maximum Gasteiger partial charge on any atom is 0.264 e. The average molecular weight is 344 g/mol. The molecule has 0 fully saturated rings. The Hall–Kier alpha value is -2.80. The van der Waals surface area contributed by atoms with E-state index in [4.69, 9.17) is 9.26 Å². The number of ether oxygens (including phenoxy) is 1. The largest absolute Gasteiger partial charge is 0.497 e. The Bertz CT molecular complexity index is 929. The van der Waals surface area contributed by atoms with Gasteiger partial charge in [0, 0.05) is 6.07 Å². The van der Waals surface area contributed by atoms with Crippen LogP contribution in [0.2, 0.25) is 0 Å². The SMILES string of the molecule is COc1ccc(-c2ccc(S(=O)(=O)Nc3cc(C)no3)cc2)cc1. The molecule has 2 aromatic carbocycles. The predicted octanol–water partition coefficient (Wildman–Crippen LogP) is 3.46. The van der Waals surface area contributed by atoms with Gasteiger partial charge in [0.05, 0.1) is 17.7 Å². The number of rotatable bonds is 5. The molecule has 6 nitrogen and oxygen atoms in total. The number of methoxy groups -OCH3 is 1. The molecule has 0 spiro atoms. The Morgan fingerprint density at radius 1 is 1.00 bits per heavy atom. The molecule has 0 aliphatic heterocycles. The van der Waals surface area contributed by atoms with E-state index in [9.17, 15) is 8.42 Å². The third kappa shape index (κ3) is 3.41. The molecular weight excluding hydrogens is 328 g/mol. The summed E-state index contributed by atoms with van der Waals surface area (Å²) in [7, 11) is -2.10. The third-order valence-electron chi connectivity index (χ3n) is 3.45. The summed E-state index contributed by atoms with van der Waals surface area (Å²) in [6.45, 7) is 1.71. The predicted molar refractivity (Wildman–Crippen MR) is 90.5 cm³/mol. The molecule has 0 unspecified atom stereocenters. The van der Waals surface area contributed by atoms with Crippen LogP contribution in [0.1, 0.15) is 5.69 Å². The molecule has 7 heteroatoms. The summed E-state index contributed by atoms with van der Waals surface area (Å²) >= 11 is 0. The second kappa shape index (κ2) is 6.37. The molecule has 124 valence electrons. The first-order valence-corrected chi connectivity index (χ1v) is 8.67. The van der Waals surface area contributed by atoms with Crippen molar-refractivity contribution in [3.8, 4) is 16.9 Å². The van der Waals surface area contributed by atoms with E-state index in [-0.39, 0.29) is 10.8 Å². The van der Waals surface area contributed by atoms with Gasteiger partial charge in [-0.25, -0.2) is 13.1 Å². The molecule has 1 heterocycles. The second-order valence-corrected chi connectivity index (χ2v) is 6.87. The van der Waals surface area contributed by atoms with Crippen LogP contribution in [0.5, 0.6) is 5.75 Å². The number of hydrogen-bond donors (Lipinski definition) is 1. The van der Waals surface area contributed by atoms with Crippen molar-refractivity contribution in [2.45, 2.75) is 11.8 Å². The minimum atomic E-state index is -3.71. The smallest absolute Gasteiger partial charge is 0.264 e. The number of nitrogens with zero attached hydrogens (tertiary/aromatic N) is 1. The Kier molecular flexibility index (Phi) is 4.26. The van der Waals surface area contributed by atoms with Gasteiger partial charge >= 0.3 is 0 Å².